The molecule has 0 unspecified atom stereocenters. The Labute approximate surface area is 160 Å². The molecule has 0 bridgehead atoms. The van der Waals surface area contributed by atoms with Crippen molar-refractivity contribution in [1.29, 1.82) is 0 Å². The summed E-state index contributed by atoms with van der Waals surface area (Å²) in [5.41, 5.74) is 3.33. The predicted molar refractivity (Wildman–Crippen MR) is 106 cm³/mol. The van der Waals surface area contributed by atoms with Crippen LogP contribution >= 0.6 is 0 Å². The monoisotopic (exact) mass is 366 g/mol. The predicted octanol–water partition coefficient (Wildman–Crippen LogP) is 2.73. The Morgan fingerprint density at radius 2 is 1.56 bits per heavy atom. The lowest BCUT2D eigenvalue weighted by Crippen LogP contribution is -2.48. The Hall–Kier alpha value is -2.73. The maximum atomic E-state index is 12.7. The molecule has 1 aliphatic rings. The van der Waals surface area contributed by atoms with Gasteiger partial charge in [0, 0.05) is 31.9 Å². The molecule has 2 heterocycles. The average molecular weight is 366 g/mol. The highest BCUT2D eigenvalue weighted by molar-refractivity contribution is 6.04. The fourth-order valence-corrected chi connectivity index (χ4v) is 3.30. The molecule has 1 aromatic carbocycles. The van der Waals surface area contributed by atoms with Gasteiger partial charge in [0.15, 0.2) is 0 Å². The highest BCUT2D eigenvalue weighted by Gasteiger charge is 2.23. The van der Waals surface area contributed by atoms with Crippen molar-refractivity contribution in [2.45, 2.75) is 20.8 Å². The van der Waals surface area contributed by atoms with Crippen LogP contribution in [0.25, 0.3) is 0 Å². The van der Waals surface area contributed by atoms with Crippen LogP contribution in [0.3, 0.4) is 0 Å². The van der Waals surface area contributed by atoms with E-state index in [0.29, 0.717) is 18.8 Å². The third-order valence-corrected chi connectivity index (χ3v) is 5.03. The molecule has 0 atom stereocenters. The van der Waals surface area contributed by atoms with Crippen LogP contribution in [0.4, 0.5) is 5.69 Å². The van der Waals surface area contributed by atoms with Gasteiger partial charge in [0.25, 0.3) is 11.8 Å². The van der Waals surface area contributed by atoms with E-state index >= 15 is 0 Å². The summed E-state index contributed by atoms with van der Waals surface area (Å²) in [6, 6.07) is 10.9. The molecule has 1 fully saturated rings. The Kier molecular flexibility index (Phi) is 5.86. The summed E-state index contributed by atoms with van der Waals surface area (Å²) in [6.45, 7) is 10.1. The van der Waals surface area contributed by atoms with Crippen molar-refractivity contribution in [1.82, 2.24) is 14.8 Å². The molecule has 6 heteroatoms. The summed E-state index contributed by atoms with van der Waals surface area (Å²) in [5.74, 6) is -0.426. The number of benzene rings is 1. The van der Waals surface area contributed by atoms with Gasteiger partial charge in [-0.15, -0.1) is 0 Å². The second kappa shape index (κ2) is 8.31. The van der Waals surface area contributed by atoms with Crippen LogP contribution in [0.5, 0.6) is 0 Å². The number of carbonyl (C=O) groups is 2. The van der Waals surface area contributed by atoms with Crippen LogP contribution in [0.1, 0.15) is 39.0 Å². The van der Waals surface area contributed by atoms with Crippen molar-refractivity contribution >= 4 is 17.5 Å². The maximum absolute atomic E-state index is 12.7. The zero-order chi connectivity index (χ0) is 19.4. The first-order valence-electron chi connectivity index (χ1n) is 9.36. The summed E-state index contributed by atoms with van der Waals surface area (Å²) in [7, 11) is 0. The molecule has 142 valence electrons. The number of hydrogen-bond donors (Lipinski definition) is 1. The molecule has 0 spiro atoms. The first-order valence-corrected chi connectivity index (χ1v) is 9.36. The molecule has 1 aromatic heterocycles. The summed E-state index contributed by atoms with van der Waals surface area (Å²) < 4.78 is 0. The number of nitrogens with one attached hydrogen (secondary N) is 1. The third-order valence-electron chi connectivity index (χ3n) is 5.03. The molecular formula is C21H26N4O2. The number of pyridine rings is 1. The highest BCUT2D eigenvalue weighted by Crippen LogP contribution is 2.20. The van der Waals surface area contributed by atoms with Crippen LogP contribution in [0.15, 0.2) is 36.4 Å². The zero-order valence-corrected chi connectivity index (χ0v) is 16.2. The van der Waals surface area contributed by atoms with E-state index in [0.717, 1.165) is 36.4 Å². The van der Waals surface area contributed by atoms with Gasteiger partial charge >= 0.3 is 0 Å². The standard InChI is InChI=1S/C21H26N4O2/c1-4-24-11-13-25(14-12-24)21(27)18-10-6-9-17(22-18)20(26)23-19-15(2)7-5-8-16(19)3/h5-10H,4,11-14H2,1-3H3,(H,23,26). The second-order valence-electron chi connectivity index (χ2n) is 6.86. The number of piperazine rings is 1. The highest BCUT2D eigenvalue weighted by atomic mass is 16.2. The maximum Gasteiger partial charge on any atom is 0.274 e. The van der Waals surface area contributed by atoms with Crippen molar-refractivity contribution in [2.75, 3.05) is 38.0 Å². The molecule has 0 aliphatic carbocycles. The Morgan fingerprint density at radius 3 is 2.19 bits per heavy atom. The van der Waals surface area contributed by atoms with Gasteiger partial charge in [0.1, 0.15) is 11.4 Å². The SMILES string of the molecule is CCN1CCN(C(=O)c2cccc(C(=O)Nc3c(C)cccc3C)n2)CC1. The van der Waals surface area contributed by atoms with Gasteiger partial charge in [0.05, 0.1) is 0 Å². The van der Waals surface area contributed by atoms with E-state index in [-0.39, 0.29) is 17.5 Å². The summed E-state index contributed by atoms with van der Waals surface area (Å²) >= 11 is 0. The molecule has 1 aliphatic heterocycles. The second-order valence-corrected chi connectivity index (χ2v) is 6.86. The Bertz CT molecular complexity index is 822. The fourth-order valence-electron chi connectivity index (χ4n) is 3.30. The molecule has 0 radical (unpaired) electrons. The molecule has 0 saturated carbocycles. The number of hydrogen-bond acceptors (Lipinski definition) is 4. The molecule has 2 amide bonds. The van der Waals surface area contributed by atoms with Gasteiger partial charge in [-0.2, -0.15) is 0 Å². The molecule has 1 saturated heterocycles. The fraction of sp³-hybridized carbons (Fsp3) is 0.381. The minimum Gasteiger partial charge on any atom is -0.335 e. The van der Waals surface area contributed by atoms with Crippen LogP contribution in [0, 0.1) is 13.8 Å². The third kappa shape index (κ3) is 4.34. The summed E-state index contributed by atoms with van der Waals surface area (Å²) in [4.78, 5) is 33.8. The van der Waals surface area contributed by atoms with Gasteiger partial charge < -0.3 is 15.1 Å². The molecular weight excluding hydrogens is 340 g/mol. The number of rotatable bonds is 4. The minimum absolute atomic E-state index is 0.118. The van der Waals surface area contributed by atoms with Gasteiger partial charge in [-0.1, -0.05) is 31.2 Å². The lowest BCUT2D eigenvalue weighted by atomic mass is 10.1. The van der Waals surface area contributed by atoms with Crippen molar-refractivity contribution in [3.8, 4) is 0 Å². The van der Waals surface area contributed by atoms with Crippen LogP contribution in [-0.2, 0) is 0 Å². The minimum atomic E-state index is -0.308. The van der Waals surface area contributed by atoms with Gasteiger partial charge in [-0.25, -0.2) is 4.98 Å². The normalized spacial score (nSPS) is 14.9. The summed E-state index contributed by atoms with van der Waals surface area (Å²) in [5, 5.41) is 2.92. The van der Waals surface area contributed by atoms with Gasteiger partial charge in [-0.3, -0.25) is 9.59 Å². The average Bonchev–Trinajstić information content (AvgIpc) is 2.70. The number of aryl methyl sites for hydroxylation is 2. The number of anilines is 1. The van der Waals surface area contributed by atoms with E-state index in [1.54, 1.807) is 18.2 Å². The van der Waals surface area contributed by atoms with E-state index in [9.17, 15) is 9.59 Å². The van der Waals surface area contributed by atoms with E-state index in [1.165, 1.54) is 0 Å². The van der Waals surface area contributed by atoms with Gasteiger partial charge in [0.2, 0.25) is 0 Å². The number of para-hydroxylation sites is 1. The lowest BCUT2D eigenvalue weighted by molar-refractivity contribution is 0.0637. The molecule has 3 rings (SSSR count). The van der Waals surface area contributed by atoms with E-state index in [4.69, 9.17) is 0 Å². The molecule has 6 nitrogen and oxygen atoms in total. The van der Waals surface area contributed by atoms with Crippen LogP contribution in [-0.4, -0.2) is 59.3 Å². The Morgan fingerprint density at radius 1 is 0.963 bits per heavy atom. The molecule has 1 N–H and O–H groups in total. The number of amides is 2. The first kappa shape index (κ1) is 19.0. The number of carbonyl (C=O) groups excluding carboxylic acids is 2. The summed E-state index contributed by atoms with van der Waals surface area (Å²) in [6.07, 6.45) is 0. The Balaban J connectivity index is 1.73. The molecule has 27 heavy (non-hydrogen) atoms. The number of nitrogens with zero attached hydrogens (tertiary/aromatic N) is 3. The van der Waals surface area contributed by atoms with Crippen LogP contribution < -0.4 is 5.32 Å². The van der Waals surface area contributed by atoms with Gasteiger partial charge in [-0.05, 0) is 43.7 Å². The van der Waals surface area contributed by atoms with E-state index < -0.39 is 0 Å². The van der Waals surface area contributed by atoms with Crippen molar-refractivity contribution in [2.24, 2.45) is 0 Å². The first-order chi connectivity index (χ1) is 13.0. The molecule has 2 aromatic rings. The van der Waals surface area contributed by atoms with Crippen molar-refractivity contribution in [3.63, 3.8) is 0 Å². The van der Waals surface area contributed by atoms with Crippen molar-refractivity contribution in [3.05, 3.63) is 58.9 Å². The zero-order valence-electron chi connectivity index (χ0n) is 16.2. The lowest BCUT2D eigenvalue weighted by Gasteiger charge is -2.33. The quantitative estimate of drug-likeness (QED) is 0.904. The van der Waals surface area contributed by atoms with Crippen LogP contribution in [0.2, 0.25) is 0 Å². The largest absolute Gasteiger partial charge is 0.335 e. The topological polar surface area (TPSA) is 65.5 Å². The van der Waals surface area contributed by atoms with E-state index in [2.05, 4.69) is 22.1 Å². The van der Waals surface area contributed by atoms with E-state index in [1.807, 2.05) is 36.9 Å². The smallest absolute Gasteiger partial charge is 0.274 e. The number of aromatic nitrogens is 1. The number of likely N-dealkylation sites (N-methyl/N-ethyl adjacent to an activating group) is 1. The van der Waals surface area contributed by atoms with Crippen molar-refractivity contribution < 1.29 is 9.59 Å².